The minimum Gasteiger partial charge on any atom is -0.493 e. The number of rotatable bonds is 6. The molecule has 1 fully saturated rings. The van der Waals surface area contributed by atoms with E-state index >= 15 is 0 Å². The quantitative estimate of drug-likeness (QED) is 0.486. The standard InChI is InChI=1S/C25H28O11/c1-11(26)32-10-18-19(27)20(28)21(29)25(35-18)34-12-4-5-14-17(8-12)33-9-15-13-6-7-16(30-2)24(31-3)23(13)36-22(14)15/h4-8,15,18-22,25,27-29H,9-10H2,1-3H3/t15-,18+,19+,20-,21+,22-,25+/m0/s1. The Bertz CT molecular complexity index is 1140. The zero-order valence-electron chi connectivity index (χ0n) is 20.0. The molecule has 3 aliphatic heterocycles. The molecule has 0 aliphatic carbocycles. The van der Waals surface area contributed by atoms with Crippen molar-refractivity contribution in [3.05, 3.63) is 41.5 Å². The van der Waals surface area contributed by atoms with Gasteiger partial charge in [0.2, 0.25) is 12.0 Å². The molecule has 194 valence electrons. The Morgan fingerprint density at radius 1 is 1.03 bits per heavy atom. The number of fused-ring (bicyclic) bond motifs is 5. The third-order valence-corrected chi connectivity index (χ3v) is 6.62. The van der Waals surface area contributed by atoms with Gasteiger partial charge in [-0.25, -0.2) is 0 Å². The van der Waals surface area contributed by atoms with Gasteiger partial charge >= 0.3 is 5.97 Å². The highest BCUT2D eigenvalue weighted by molar-refractivity contribution is 5.66. The van der Waals surface area contributed by atoms with Crippen molar-refractivity contribution in [2.45, 2.75) is 49.7 Å². The van der Waals surface area contributed by atoms with E-state index in [1.807, 2.05) is 12.1 Å². The summed E-state index contributed by atoms with van der Waals surface area (Å²) >= 11 is 0. The summed E-state index contributed by atoms with van der Waals surface area (Å²) in [6.07, 6.45) is -7.26. The third kappa shape index (κ3) is 4.17. The van der Waals surface area contributed by atoms with Crippen molar-refractivity contribution < 1.29 is 53.3 Å². The van der Waals surface area contributed by atoms with E-state index in [1.165, 1.54) is 6.92 Å². The van der Waals surface area contributed by atoms with Crippen LogP contribution in [0.3, 0.4) is 0 Å². The fraction of sp³-hybridized carbons (Fsp3) is 0.480. The number of carbonyl (C=O) groups is 1. The van der Waals surface area contributed by atoms with Gasteiger partial charge in [0.25, 0.3) is 0 Å². The molecule has 0 saturated carbocycles. The number of aliphatic hydroxyl groups excluding tert-OH is 3. The maximum Gasteiger partial charge on any atom is 0.302 e. The molecule has 2 aromatic rings. The highest BCUT2D eigenvalue weighted by atomic mass is 16.7. The molecule has 0 radical (unpaired) electrons. The Hall–Kier alpha value is -3.25. The summed E-state index contributed by atoms with van der Waals surface area (Å²) in [5.41, 5.74) is 1.78. The van der Waals surface area contributed by atoms with E-state index in [0.717, 1.165) is 11.1 Å². The van der Waals surface area contributed by atoms with Crippen LogP contribution in [0.25, 0.3) is 0 Å². The molecular weight excluding hydrogens is 476 g/mol. The van der Waals surface area contributed by atoms with E-state index in [-0.39, 0.29) is 18.6 Å². The van der Waals surface area contributed by atoms with Crippen LogP contribution in [0, 0.1) is 0 Å². The molecule has 1 saturated heterocycles. The summed E-state index contributed by atoms with van der Waals surface area (Å²) in [5.74, 6) is 1.95. The summed E-state index contributed by atoms with van der Waals surface area (Å²) in [6.45, 7) is 1.27. The Kier molecular flexibility index (Phi) is 6.56. The lowest BCUT2D eigenvalue weighted by Gasteiger charge is -2.40. The van der Waals surface area contributed by atoms with Gasteiger partial charge in [-0.1, -0.05) is 6.07 Å². The molecule has 2 aromatic carbocycles. The van der Waals surface area contributed by atoms with Gasteiger partial charge in [-0.2, -0.15) is 0 Å². The molecule has 7 atom stereocenters. The van der Waals surface area contributed by atoms with Crippen molar-refractivity contribution in [3.8, 4) is 28.7 Å². The summed E-state index contributed by atoms with van der Waals surface area (Å²) < 4.78 is 39.5. The van der Waals surface area contributed by atoms with E-state index in [9.17, 15) is 20.1 Å². The second kappa shape index (κ2) is 9.66. The van der Waals surface area contributed by atoms with Crippen molar-refractivity contribution in [1.82, 2.24) is 0 Å². The first-order valence-corrected chi connectivity index (χ1v) is 11.5. The average Bonchev–Trinajstić information content (AvgIpc) is 3.26. The summed E-state index contributed by atoms with van der Waals surface area (Å²) in [7, 11) is 3.13. The number of aliphatic hydroxyl groups is 3. The summed E-state index contributed by atoms with van der Waals surface area (Å²) in [5, 5.41) is 30.8. The second-order valence-electron chi connectivity index (χ2n) is 8.81. The summed E-state index contributed by atoms with van der Waals surface area (Å²) in [6, 6.07) is 8.90. The molecule has 0 spiro atoms. The number of benzene rings is 2. The number of esters is 1. The number of hydrogen-bond acceptors (Lipinski definition) is 11. The molecule has 0 amide bonds. The van der Waals surface area contributed by atoms with Crippen molar-refractivity contribution in [1.29, 1.82) is 0 Å². The molecule has 11 nitrogen and oxygen atoms in total. The number of methoxy groups -OCH3 is 2. The van der Waals surface area contributed by atoms with Crippen molar-refractivity contribution >= 4 is 5.97 Å². The molecule has 3 heterocycles. The molecule has 0 unspecified atom stereocenters. The minimum absolute atomic E-state index is 0.0405. The van der Waals surface area contributed by atoms with Gasteiger partial charge in [0.15, 0.2) is 11.5 Å². The number of hydrogen-bond donors (Lipinski definition) is 3. The highest BCUT2D eigenvalue weighted by Crippen LogP contribution is 2.56. The lowest BCUT2D eigenvalue weighted by Crippen LogP contribution is -2.60. The Morgan fingerprint density at radius 3 is 2.53 bits per heavy atom. The molecule has 36 heavy (non-hydrogen) atoms. The molecule has 3 N–H and O–H groups in total. The van der Waals surface area contributed by atoms with E-state index < -0.39 is 36.7 Å². The topological polar surface area (TPSA) is 142 Å². The molecular formula is C25H28O11. The first-order valence-electron chi connectivity index (χ1n) is 11.5. The van der Waals surface area contributed by atoms with Crippen LogP contribution in [0.5, 0.6) is 28.7 Å². The average molecular weight is 504 g/mol. The van der Waals surface area contributed by atoms with E-state index in [0.29, 0.717) is 35.4 Å². The minimum atomic E-state index is -1.56. The van der Waals surface area contributed by atoms with Crippen molar-refractivity contribution in [2.24, 2.45) is 0 Å². The van der Waals surface area contributed by atoms with Crippen molar-refractivity contribution in [3.63, 3.8) is 0 Å². The van der Waals surface area contributed by atoms with Gasteiger partial charge in [0, 0.05) is 24.1 Å². The Labute approximate surface area is 207 Å². The zero-order valence-corrected chi connectivity index (χ0v) is 20.0. The van der Waals surface area contributed by atoms with E-state index in [1.54, 1.807) is 32.4 Å². The van der Waals surface area contributed by atoms with Crippen LogP contribution in [0.1, 0.15) is 30.1 Å². The largest absolute Gasteiger partial charge is 0.493 e. The van der Waals surface area contributed by atoms with Gasteiger partial charge < -0.3 is 48.5 Å². The molecule has 5 rings (SSSR count). The number of carbonyl (C=O) groups excluding carboxylic acids is 1. The smallest absolute Gasteiger partial charge is 0.302 e. The first-order chi connectivity index (χ1) is 17.3. The van der Waals surface area contributed by atoms with E-state index in [4.69, 9.17) is 33.2 Å². The fourth-order valence-electron chi connectivity index (χ4n) is 4.77. The Balaban J connectivity index is 1.34. The zero-order chi connectivity index (χ0) is 25.6. The van der Waals surface area contributed by atoms with Crippen molar-refractivity contribution in [2.75, 3.05) is 27.4 Å². The van der Waals surface area contributed by atoms with Crippen LogP contribution in [-0.2, 0) is 14.3 Å². The van der Waals surface area contributed by atoms with Gasteiger partial charge in [-0.15, -0.1) is 0 Å². The first kappa shape index (κ1) is 24.4. The maximum atomic E-state index is 11.1. The molecule has 0 aromatic heterocycles. The van der Waals surface area contributed by atoms with E-state index in [2.05, 4.69) is 0 Å². The molecule has 3 aliphatic rings. The van der Waals surface area contributed by atoms with Crippen LogP contribution >= 0.6 is 0 Å². The lowest BCUT2D eigenvalue weighted by atomic mass is 9.89. The van der Waals surface area contributed by atoms with Crippen LogP contribution in [0.15, 0.2) is 30.3 Å². The lowest BCUT2D eigenvalue weighted by molar-refractivity contribution is -0.278. The SMILES string of the molecule is COc1ccc2c(c1OC)O[C@H]1c3ccc(O[C@@H]4O[C@H](COC(C)=O)[C@@H](O)[C@H](O)[C@H]4O)cc3OC[C@@H]21. The fourth-order valence-corrected chi connectivity index (χ4v) is 4.77. The van der Waals surface area contributed by atoms with Gasteiger partial charge in [-0.05, 0) is 18.2 Å². The van der Waals surface area contributed by atoms with Gasteiger partial charge in [0.1, 0.15) is 48.6 Å². The molecule has 0 bridgehead atoms. The normalized spacial score (nSPS) is 30.1. The highest BCUT2D eigenvalue weighted by Gasteiger charge is 2.46. The monoisotopic (exact) mass is 504 g/mol. The van der Waals surface area contributed by atoms with Crippen LogP contribution in [0.4, 0.5) is 0 Å². The maximum absolute atomic E-state index is 11.1. The van der Waals surface area contributed by atoms with Crippen LogP contribution in [0.2, 0.25) is 0 Å². The van der Waals surface area contributed by atoms with Gasteiger partial charge in [-0.3, -0.25) is 4.79 Å². The predicted octanol–water partition coefficient (Wildman–Crippen LogP) is 1.06. The predicted molar refractivity (Wildman–Crippen MR) is 122 cm³/mol. The third-order valence-electron chi connectivity index (χ3n) is 6.62. The second-order valence-corrected chi connectivity index (χ2v) is 8.81. The Morgan fingerprint density at radius 2 is 1.81 bits per heavy atom. The summed E-state index contributed by atoms with van der Waals surface area (Å²) in [4.78, 5) is 11.1. The van der Waals surface area contributed by atoms with Gasteiger partial charge in [0.05, 0.1) is 26.7 Å². The van der Waals surface area contributed by atoms with Crippen LogP contribution in [-0.4, -0.2) is 79.4 Å². The number of ether oxygens (including phenoxy) is 7. The molecule has 11 heteroatoms. The van der Waals surface area contributed by atoms with Crippen LogP contribution < -0.4 is 23.7 Å².